The molecule has 0 saturated carbocycles. The minimum Gasteiger partial charge on any atom is -0.449 e. The number of hydrogen-bond donors (Lipinski definition) is 2. The van der Waals surface area contributed by atoms with E-state index in [2.05, 4.69) is 6.58 Å². The van der Waals surface area contributed by atoms with Gasteiger partial charge in [-0.2, -0.15) is 13.2 Å². The van der Waals surface area contributed by atoms with Crippen molar-refractivity contribution in [3.8, 4) is 0 Å². The zero-order chi connectivity index (χ0) is 14.6. The molecule has 1 aromatic rings. The number of halogens is 3. The van der Waals surface area contributed by atoms with Crippen molar-refractivity contribution in [2.24, 2.45) is 11.5 Å². The summed E-state index contributed by atoms with van der Waals surface area (Å²) in [6.07, 6.45) is -4.92. The van der Waals surface area contributed by atoms with Crippen molar-refractivity contribution in [2.75, 3.05) is 0 Å². The Morgan fingerprint density at radius 1 is 1.16 bits per heavy atom. The summed E-state index contributed by atoms with van der Waals surface area (Å²) in [4.78, 5) is 11.0. The molecular weight excluding hydrogens is 261 g/mol. The summed E-state index contributed by atoms with van der Waals surface area (Å²) in [6.45, 7) is 3.42. The number of alkyl halides is 3. The molecule has 0 saturated heterocycles. The second kappa shape index (κ2) is 5.47. The monoisotopic (exact) mass is 272 g/mol. The molecule has 0 fully saturated rings. The van der Waals surface area contributed by atoms with E-state index in [1.54, 1.807) is 30.3 Å². The van der Waals surface area contributed by atoms with Crippen LogP contribution >= 0.6 is 0 Å². The number of nitrogens with two attached hydrogens (primary N) is 2. The van der Waals surface area contributed by atoms with Gasteiger partial charge in [0.05, 0.1) is 0 Å². The van der Waals surface area contributed by atoms with Gasteiger partial charge in [-0.3, -0.25) is 4.79 Å². The van der Waals surface area contributed by atoms with Crippen molar-refractivity contribution in [3.63, 3.8) is 0 Å². The van der Waals surface area contributed by atoms with E-state index in [-0.39, 0.29) is 5.76 Å². The van der Waals surface area contributed by atoms with Crippen molar-refractivity contribution >= 4 is 11.7 Å². The molecule has 0 aliphatic carbocycles. The topological polar surface area (TPSA) is 78.3 Å². The lowest BCUT2D eigenvalue weighted by Crippen LogP contribution is -2.28. The minimum absolute atomic E-state index is 0.165. The molecule has 7 heteroatoms. The van der Waals surface area contributed by atoms with Gasteiger partial charge in [-0.15, -0.1) is 0 Å². The number of benzene rings is 1. The Kier molecular flexibility index (Phi) is 4.21. The van der Waals surface area contributed by atoms with Gasteiger partial charge in [0.25, 0.3) is 5.91 Å². The number of ether oxygens (including phenoxy) is 1. The molecule has 1 amide bonds. The van der Waals surface area contributed by atoms with Crippen LogP contribution in [0.4, 0.5) is 13.2 Å². The van der Waals surface area contributed by atoms with E-state index in [4.69, 9.17) is 16.2 Å². The Morgan fingerprint density at radius 2 is 1.68 bits per heavy atom. The summed E-state index contributed by atoms with van der Waals surface area (Å²) in [6, 6.07) is 8.05. The van der Waals surface area contributed by atoms with E-state index in [0.717, 1.165) is 0 Å². The molecule has 0 radical (unpaired) electrons. The first-order valence-corrected chi connectivity index (χ1v) is 5.02. The third-order valence-corrected chi connectivity index (χ3v) is 2.09. The van der Waals surface area contributed by atoms with Crippen molar-refractivity contribution in [3.05, 3.63) is 53.9 Å². The molecule has 0 spiro atoms. The number of hydrogen-bond acceptors (Lipinski definition) is 3. The van der Waals surface area contributed by atoms with Gasteiger partial charge in [0.2, 0.25) is 5.76 Å². The van der Waals surface area contributed by atoms with Gasteiger partial charge >= 0.3 is 6.18 Å². The average molecular weight is 272 g/mol. The van der Waals surface area contributed by atoms with Crippen molar-refractivity contribution in [2.45, 2.75) is 6.18 Å². The average Bonchev–Trinajstić information content (AvgIpc) is 2.34. The number of rotatable bonds is 4. The van der Waals surface area contributed by atoms with Gasteiger partial charge in [0.15, 0.2) is 5.70 Å². The molecule has 1 aromatic carbocycles. The lowest BCUT2D eigenvalue weighted by molar-refractivity contribution is -0.120. The Hall–Kier alpha value is -2.44. The van der Waals surface area contributed by atoms with Crippen LogP contribution in [0.1, 0.15) is 5.56 Å². The largest absolute Gasteiger partial charge is 0.449 e. The van der Waals surface area contributed by atoms with E-state index in [1.807, 2.05) is 0 Å². The van der Waals surface area contributed by atoms with E-state index in [9.17, 15) is 18.0 Å². The fourth-order valence-electron chi connectivity index (χ4n) is 1.17. The van der Waals surface area contributed by atoms with Crippen LogP contribution in [0.3, 0.4) is 0 Å². The molecule has 0 atom stereocenters. The summed E-state index contributed by atoms with van der Waals surface area (Å²) in [5.74, 6) is -2.77. The maximum Gasteiger partial charge on any atom is 0.434 e. The Balaban J connectivity index is 3.06. The molecule has 0 heterocycles. The van der Waals surface area contributed by atoms with Crippen LogP contribution in [0.2, 0.25) is 0 Å². The van der Waals surface area contributed by atoms with Gasteiger partial charge in [-0.25, -0.2) is 0 Å². The smallest absolute Gasteiger partial charge is 0.434 e. The molecule has 0 unspecified atom stereocenters. The summed E-state index contributed by atoms with van der Waals surface area (Å²) in [7, 11) is 0. The van der Waals surface area contributed by atoms with Gasteiger partial charge in [-0.05, 0) is 0 Å². The predicted octanol–water partition coefficient (Wildman–Crippen LogP) is 1.89. The van der Waals surface area contributed by atoms with Crippen LogP contribution in [0.15, 0.2) is 48.4 Å². The number of allylic oxidation sites excluding steroid dienone is 1. The van der Waals surface area contributed by atoms with Crippen molar-refractivity contribution in [1.82, 2.24) is 0 Å². The lowest BCUT2D eigenvalue weighted by Gasteiger charge is -2.14. The van der Waals surface area contributed by atoms with Crippen LogP contribution in [0.5, 0.6) is 0 Å². The highest BCUT2D eigenvalue weighted by Crippen LogP contribution is 2.27. The molecule has 102 valence electrons. The number of amides is 1. The standard InChI is InChI=1S/C12H11F3N2O2/c1-7(8-5-3-2-4-6-8)19-9(11(17)18)10(16)12(13,14)15/h2-6H,1,16H2,(H2,17,18)/b10-9-. The maximum absolute atomic E-state index is 12.4. The van der Waals surface area contributed by atoms with Gasteiger partial charge in [0.1, 0.15) is 5.76 Å². The second-order valence-electron chi connectivity index (χ2n) is 3.50. The summed E-state index contributed by atoms with van der Waals surface area (Å²) in [5, 5.41) is 0. The number of carbonyl (C=O) groups is 1. The van der Waals surface area contributed by atoms with Gasteiger partial charge < -0.3 is 16.2 Å². The maximum atomic E-state index is 12.4. The second-order valence-corrected chi connectivity index (χ2v) is 3.50. The first-order valence-electron chi connectivity index (χ1n) is 5.02. The summed E-state index contributed by atoms with van der Waals surface area (Å²) >= 11 is 0. The molecule has 0 aliphatic rings. The van der Waals surface area contributed by atoms with Crippen LogP contribution in [0, 0.1) is 0 Å². The van der Waals surface area contributed by atoms with Gasteiger partial charge in [0, 0.05) is 5.56 Å². The Bertz CT molecular complexity index is 522. The van der Waals surface area contributed by atoms with E-state index in [0.29, 0.717) is 5.56 Å². The molecule has 19 heavy (non-hydrogen) atoms. The van der Waals surface area contributed by atoms with Crippen LogP contribution < -0.4 is 11.5 Å². The lowest BCUT2D eigenvalue weighted by atomic mass is 10.2. The Labute approximate surface area is 107 Å². The fraction of sp³-hybridized carbons (Fsp3) is 0.0833. The fourth-order valence-corrected chi connectivity index (χ4v) is 1.17. The number of carbonyl (C=O) groups excluding carboxylic acids is 1. The molecule has 0 aromatic heterocycles. The highest BCUT2D eigenvalue weighted by Gasteiger charge is 2.37. The van der Waals surface area contributed by atoms with Crippen molar-refractivity contribution in [1.29, 1.82) is 0 Å². The third-order valence-electron chi connectivity index (χ3n) is 2.09. The predicted molar refractivity (Wildman–Crippen MR) is 63.0 cm³/mol. The molecular formula is C12H11F3N2O2. The summed E-state index contributed by atoms with van der Waals surface area (Å²) < 4.78 is 42.0. The normalized spacial score (nSPS) is 12.6. The SMILES string of the molecule is C=C(O/C(C(N)=O)=C(\N)C(F)(F)F)c1ccccc1. The zero-order valence-corrected chi connectivity index (χ0v) is 9.70. The van der Waals surface area contributed by atoms with Crippen molar-refractivity contribution < 1.29 is 22.7 Å². The quantitative estimate of drug-likeness (QED) is 0.649. The van der Waals surface area contributed by atoms with E-state index in [1.165, 1.54) is 0 Å². The van der Waals surface area contributed by atoms with Crippen LogP contribution in [0.25, 0.3) is 5.76 Å². The molecule has 0 aliphatic heterocycles. The molecule has 4 nitrogen and oxygen atoms in total. The molecule has 0 bridgehead atoms. The van der Waals surface area contributed by atoms with Crippen LogP contribution in [-0.2, 0) is 9.53 Å². The summed E-state index contributed by atoms with van der Waals surface area (Å²) in [5.41, 5.74) is 8.33. The molecule has 4 N–H and O–H groups in total. The first kappa shape index (κ1) is 14.6. The van der Waals surface area contributed by atoms with Crippen LogP contribution in [-0.4, -0.2) is 12.1 Å². The first-order chi connectivity index (χ1) is 8.73. The molecule has 1 rings (SSSR count). The van der Waals surface area contributed by atoms with E-state index < -0.39 is 23.5 Å². The highest BCUT2D eigenvalue weighted by atomic mass is 19.4. The Morgan fingerprint density at radius 3 is 2.11 bits per heavy atom. The highest BCUT2D eigenvalue weighted by molar-refractivity contribution is 5.91. The number of primary amides is 1. The zero-order valence-electron chi connectivity index (χ0n) is 9.70. The third kappa shape index (κ3) is 3.77. The minimum atomic E-state index is -4.92. The van der Waals surface area contributed by atoms with Gasteiger partial charge in [-0.1, -0.05) is 36.9 Å². The van der Waals surface area contributed by atoms with E-state index >= 15 is 0 Å².